The molecule has 33 heavy (non-hydrogen) atoms. The summed E-state index contributed by atoms with van der Waals surface area (Å²) in [6.07, 6.45) is 14.2. The van der Waals surface area contributed by atoms with Gasteiger partial charge in [-0.15, -0.1) is 0 Å². The highest BCUT2D eigenvalue weighted by Crippen LogP contribution is 2.43. The van der Waals surface area contributed by atoms with E-state index in [0.29, 0.717) is 6.42 Å². The van der Waals surface area contributed by atoms with Crippen LogP contribution in [-0.2, 0) is 25.4 Å². The fourth-order valence-electron chi connectivity index (χ4n) is 5.63. The number of allylic oxidation sites excluding steroid dienone is 2. The molecule has 2 fully saturated rings. The van der Waals surface area contributed by atoms with Crippen molar-refractivity contribution < 1.29 is 24.1 Å². The third-order valence-corrected chi connectivity index (χ3v) is 7.49. The Kier molecular flexibility index (Phi) is 9.39. The van der Waals surface area contributed by atoms with Crippen molar-refractivity contribution in [2.24, 2.45) is 11.8 Å². The Balaban J connectivity index is 1.40. The summed E-state index contributed by atoms with van der Waals surface area (Å²) in [7, 11) is 0. The lowest BCUT2D eigenvalue weighted by atomic mass is 9.85. The second-order valence-electron chi connectivity index (χ2n) is 9.92. The summed E-state index contributed by atoms with van der Waals surface area (Å²) < 4.78 is 18.3. The van der Waals surface area contributed by atoms with Gasteiger partial charge in [0.15, 0.2) is 6.29 Å². The van der Waals surface area contributed by atoms with Crippen molar-refractivity contribution in [3.63, 3.8) is 0 Å². The Hall–Kier alpha value is -1.69. The van der Waals surface area contributed by atoms with E-state index in [0.717, 1.165) is 77.2 Å². The van der Waals surface area contributed by atoms with E-state index in [4.69, 9.17) is 14.2 Å². The monoisotopic (exact) mass is 456 g/mol. The minimum Gasteiger partial charge on any atom is -0.462 e. The van der Waals surface area contributed by atoms with E-state index in [2.05, 4.69) is 24.3 Å². The molecule has 1 aromatic carbocycles. The number of ether oxygens (including phenoxy) is 3. The van der Waals surface area contributed by atoms with Crippen molar-refractivity contribution in [3.05, 3.63) is 48.0 Å². The van der Waals surface area contributed by atoms with Crippen LogP contribution in [0.5, 0.6) is 0 Å². The molecule has 1 aliphatic carbocycles. The van der Waals surface area contributed by atoms with Gasteiger partial charge < -0.3 is 19.3 Å². The molecule has 182 valence electrons. The summed E-state index contributed by atoms with van der Waals surface area (Å²) in [6.45, 7) is 0.755. The molecule has 0 bridgehead atoms. The first kappa shape index (κ1) is 24.4. The van der Waals surface area contributed by atoms with E-state index < -0.39 is 0 Å². The predicted molar refractivity (Wildman–Crippen MR) is 128 cm³/mol. The lowest BCUT2D eigenvalue weighted by Gasteiger charge is -2.30. The number of hydrogen-bond donors (Lipinski definition) is 1. The number of esters is 1. The lowest BCUT2D eigenvalue weighted by molar-refractivity contribution is -0.196. The molecule has 0 aromatic heterocycles. The molecule has 1 N–H and O–H groups in total. The fraction of sp³-hybridized carbons (Fsp3) is 0.679. The topological polar surface area (TPSA) is 65.0 Å². The van der Waals surface area contributed by atoms with Crippen LogP contribution < -0.4 is 0 Å². The van der Waals surface area contributed by atoms with E-state index in [1.165, 1.54) is 5.56 Å². The first-order chi connectivity index (χ1) is 16.2. The number of aliphatic hydroxyl groups is 1. The molecule has 0 radical (unpaired) electrons. The smallest absolute Gasteiger partial charge is 0.306 e. The fourth-order valence-corrected chi connectivity index (χ4v) is 5.63. The molecule has 0 spiro atoms. The second-order valence-corrected chi connectivity index (χ2v) is 9.92. The number of benzene rings is 1. The summed E-state index contributed by atoms with van der Waals surface area (Å²) in [6, 6.07) is 10.3. The largest absolute Gasteiger partial charge is 0.462 e. The van der Waals surface area contributed by atoms with Crippen molar-refractivity contribution in [2.45, 2.75) is 102 Å². The van der Waals surface area contributed by atoms with Crippen LogP contribution in [0.4, 0.5) is 0 Å². The highest BCUT2D eigenvalue weighted by atomic mass is 16.7. The third kappa shape index (κ3) is 7.40. The molecule has 3 aliphatic rings. The Bertz CT molecular complexity index is 742. The molecule has 4 rings (SSSR count). The minimum absolute atomic E-state index is 0.00590. The molecular formula is C28H40O5. The Morgan fingerprint density at radius 2 is 1.97 bits per heavy atom. The van der Waals surface area contributed by atoms with E-state index in [-0.39, 0.29) is 42.4 Å². The van der Waals surface area contributed by atoms with Gasteiger partial charge in [-0.05, 0) is 75.7 Å². The molecule has 2 heterocycles. The molecule has 5 nitrogen and oxygen atoms in total. The van der Waals surface area contributed by atoms with Crippen LogP contribution in [0.15, 0.2) is 42.5 Å². The Labute approximate surface area is 198 Å². The SMILES string of the molecule is O=C1CCC/C=C\C[C@@H]2[C@@H](CC[C@@H](O)CCc3ccccc3)[C@H](OC3CCCCO3)C[C@@H]2O1. The number of aliphatic hydroxyl groups excluding tert-OH is 1. The maximum absolute atomic E-state index is 12.4. The van der Waals surface area contributed by atoms with Crippen molar-refractivity contribution in [1.29, 1.82) is 0 Å². The van der Waals surface area contributed by atoms with Crippen LogP contribution >= 0.6 is 0 Å². The molecule has 5 heteroatoms. The second kappa shape index (κ2) is 12.7. The van der Waals surface area contributed by atoms with Gasteiger partial charge in [-0.3, -0.25) is 4.79 Å². The van der Waals surface area contributed by atoms with Gasteiger partial charge in [0, 0.05) is 25.4 Å². The summed E-state index contributed by atoms with van der Waals surface area (Å²) >= 11 is 0. The number of aryl methyl sites for hydroxylation is 1. The Morgan fingerprint density at radius 3 is 2.79 bits per heavy atom. The van der Waals surface area contributed by atoms with Gasteiger partial charge in [-0.25, -0.2) is 0 Å². The normalized spacial score (nSPS) is 32.5. The van der Waals surface area contributed by atoms with Gasteiger partial charge in [-0.2, -0.15) is 0 Å². The quantitative estimate of drug-likeness (QED) is 0.422. The number of carbonyl (C=O) groups excluding carboxylic acids is 1. The van der Waals surface area contributed by atoms with E-state index in [1.807, 2.05) is 18.2 Å². The average Bonchev–Trinajstić information content (AvgIpc) is 3.15. The molecule has 1 aromatic rings. The van der Waals surface area contributed by atoms with Crippen LogP contribution in [0, 0.1) is 11.8 Å². The first-order valence-electron chi connectivity index (χ1n) is 13.0. The highest BCUT2D eigenvalue weighted by Gasteiger charge is 2.46. The summed E-state index contributed by atoms with van der Waals surface area (Å²) in [5.74, 6) is 0.401. The third-order valence-electron chi connectivity index (χ3n) is 7.49. The van der Waals surface area contributed by atoms with Crippen molar-refractivity contribution >= 4 is 5.97 Å². The van der Waals surface area contributed by atoms with Crippen LogP contribution in [0.1, 0.15) is 76.2 Å². The van der Waals surface area contributed by atoms with Crippen LogP contribution in [0.25, 0.3) is 0 Å². The van der Waals surface area contributed by atoms with Crippen molar-refractivity contribution in [1.82, 2.24) is 0 Å². The molecule has 1 saturated carbocycles. The minimum atomic E-state index is -0.339. The van der Waals surface area contributed by atoms with Gasteiger partial charge in [0.2, 0.25) is 0 Å². The molecule has 6 atom stereocenters. The van der Waals surface area contributed by atoms with Crippen molar-refractivity contribution in [2.75, 3.05) is 6.61 Å². The number of fused-ring (bicyclic) bond motifs is 1. The molecule has 1 saturated heterocycles. The van der Waals surface area contributed by atoms with Gasteiger partial charge in [0.25, 0.3) is 0 Å². The number of hydrogen-bond acceptors (Lipinski definition) is 5. The Morgan fingerprint density at radius 1 is 1.09 bits per heavy atom. The van der Waals surface area contributed by atoms with Gasteiger partial charge in [0.1, 0.15) is 6.10 Å². The van der Waals surface area contributed by atoms with E-state index in [9.17, 15) is 9.90 Å². The zero-order valence-corrected chi connectivity index (χ0v) is 19.8. The predicted octanol–water partition coefficient (Wildman–Crippen LogP) is 5.35. The standard InChI is InChI=1S/C28H40O5/c29-22(16-15-21-10-4-3-5-11-21)17-18-24-23-12-6-1-2-7-13-27(30)32-25(23)20-26(24)33-28-14-8-9-19-31-28/h1,3-6,10-11,22-26,28-29H,2,7-9,12-20H2/b6-1-/t22-,23+,24+,25-,26+,28?/m0/s1. The summed E-state index contributed by atoms with van der Waals surface area (Å²) in [5.41, 5.74) is 1.26. The van der Waals surface area contributed by atoms with Crippen LogP contribution in [0.2, 0.25) is 0 Å². The van der Waals surface area contributed by atoms with Crippen LogP contribution in [-0.4, -0.2) is 42.3 Å². The molecule has 1 unspecified atom stereocenters. The molecule has 0 amide bonds. The number of rotatable bonds is 8. The van der Waals surface area contributed by atoms with E-state index >= 15 is 0 Å². The van der Waals surface area contributed by atoms with Crippen molar-refractivity contribution in [3.8, 4) is 0 Å². The molecular weight excluding hydrogens is 416 g/mol. The van der Waals surface area contributed by atoms with Crippen LogP contribution in [0.3, 0.4) is 0 Å². The first-order valence-corrected chi connectivity index (χ1v) is 13.0. The summed E-state index contributed by atoms with van der Waals surface area (Å²) in [5, 5.41) is 10.7. The van der Waals surface area contributed by atoms with E-state index in [1.54, 1.807) is 0 Å². The average molecular weight is 457 g/mol. The molecule has 2 aliphatic heterocycles. The van der Waals surface area contributed by atoms with Gasteiger partial charge >= 0.3 is 5.97 Å². The lowest BCUT2D eigenvalue weighted by Crippen LogP contribution is -2.32. The van der Waals surface area contributed by atoms with Gasteiger partial charge in [-0.1, -0.05) is 42.5 Å². The maximum atomic E-state index is 12.4. The summed E-state index contributed by atoms with van der Waals surface area (Å²) in [4.78, 5) is 12.4. The maximum Gasteiger partial charge on any atom is 0.306 e. The highest BCUT2D eigenvalue weighted by molar-refractivity contribution is 5.69. The zero-order chi connectivity index (χ0) is 22.9. The zero-order valence-electron chi connectivity index (χ0n) is 19.8. The number of carbonyl (C=O) groups is 1. The van der Waals surface area contributed by atoms with Gasteiger partial charge in [0.05, 0.1) is 12.2 Å².